The van der Waals surface area contributed by atoms with Gasteiger partial charge in [0.1, 0.15) is 18.5 Å². The van der Waals surface area contributed by atoms with E-state index in [1.54, 1.807) is 4.90 Å². The Morgan fingerprint density at radius 1 is 1.20 bits per heavy atom. The number of ether oxygens (including phenoxy) is 1. The summed E-state index contributed by atoms with van der Waals surface area (Å²) in [5, 5.41) is 6.36. The van der Waals surface area contributed by atoms with Gasteiger partial charge in [0.2, 0.25) is 12.5 Å². The fourth-order valence-corrected chi connectivity index (χ4v) is 6.53. The zero-order valence-corrected chi connectivity index (χ0v) is 23.8. The van der Waals surface area contributed by atoms with Crippen LogP contribution >= 0.6 is 11.6 Å². The molecule has 4 heterocycles. The maximum Gasteiger partial charge on any atom is 0.318 e. The van der Waals surface area contributed by atoms with Crippen LogP contribution in [-0.2, 0) is 17.8 Å². The van der Waals surface area contributed by atoms with Crippen molar-refractivity contribution in [3.8, 4) is 6.01 Å². The standard InChI is InChI=1S/C31H34ClN7O2/c1-3-28(40)39-16-15-38(18-23(39)17-33-2)30-24-12-14-37(27-11-5-8-21-7-4-10-25(32)29(21)27)19-26(24)35-31(36-30)41-20-22-9-6-13-34-22/h3-5,7-8,10-11,22-23,34H,1,6,9,12-20H2/t22-,23-/m0/s1. The second kappa shape index (κ2) is 11.9. The highest BCUT2D eigenvalue weighted by Crippen LogP contribution is 2.37. The van der Waals surface area contributed by atoms with E-state index in [9.17, 15) is 4.79 Å². The first kappa shape index (κ1) is 27.3. The minimum atomic E-state index is -0.234. The molecule has 0 spiro atoms. The molecule has 0 saturated carbocycles. The first-order valence-corrected chi connectivity index (χ1v) is 14.6. The largest absolute Gasteiger partial charge is 0.462 e. The summed E-state index contributed by atoms with van der Waals surface area (Å²) < 4.78 is 6.19. The topological polar surface area (TPSA) is 78.2 Å². The second-order valence-corrected chi connectivity index (χ2v) is 11.2. The van der Waals surface area contributed by atoms with Crippen molar-refractivity contribution in [3.05, 3.63) is 76.8 Å². The minimum Gasteiger partial charge on any atom is -0.462 e. The van der Waals surface area contributed by atoms with Crippen LogP contribution in [0.4, 0.5) is 11.5 Å². The third-order valence-corrected chi connectivity index (χ3v) is 8.63. The molecule has 0 unspecified atom stereocenters. The molecule has 3 aliphatic rings. The van der Waals surface area contributed by atoms with Gasteiger partial charge >= 0.3 is 6.01 Å². The Labute approximate surface area is 245 Å². The molecule has 3 aliphatic heterocycles. The molecule has 6 rings (SSSR count). The van der Waals surface area contributed by atoms with Gasteiger partial charge in [0.25, 0.3) is 0 Å². The summed E-state index contributed by atoms with van der Waals surface area (Å²) >= 11 is 6.68. The lowest BCUT2D eigenvalue weighted by Gasteiger charge is -2.41. The Kier molecular flexibility index (Phi) is 7.95. The number of hydrogen-bond acceptors (Lipinski definition) is 7. The van der Waals surface area contributed by atoms with Crippen LogP contribution < -0.4 is 19.9 Å². The van der Waals surface area contributed by atoms with Gasteiger partial charge in [0, 0.05) is 48.9 Å². The van der Waals surface area contributed by atoms with Crippen LogP contribution in [0.25, 0.3) is 15.6 Å². The number of halogens is 1. The van der Waals surface area contributed by atoms with E-state index in [1.807, 2.05) is 12.1 Å². The van der Waals surface area contributed by atoms with Crippen molar-refractivity contribution in [2.75, 3.05) is 55.7 Å². The Morgan fingerprint density at radius 3 is 2.83 bits per heavy atom. The number of nitrogens with zero attached hydrogens (tertiary/aromatic N) is 6. The number of carbonyl (C=O) groups excluding carboxylic acids is 1. The average molecular weight is 572 g/mol. The number of hydrogen-bond donors (Lipinski definition) is 1. The highest BCUT2D eigenvalue weighted by Gasteiger charge is 2.35. The number of nitrogens with one attached hydrogen (secondary N) is 1. The number of benzene rings is 2. The van der Waals surface area contributed by atoms with E-state index in [2.05, 4.69) is 50.8 Å². The normalized spacial score (nSPS) is 20.5. The quantitative estimate of drug-likeness (QED) is 0.338. The zero-order valence-electron chi connectivity index (χ0n) is 23.1. The number of rotatable bonds is 7. The molecule has 3 aromatic rings. The zero-order chi connectivity index (χ0) is 28.3. The Hall–Kier alpha value is -3.87. The Morgan fingerprint density at radius 2 is 2.05 bits per heavy atom. The molecule has 1 amide bonds. The minimum absolute atomic E-state index is 0.138. The van der Waals surface area contributed by atoms with E-state index >= 15 is 0 Å². The van der Waals surface area contributed by atoms with E-state index in [0.717, 1.165) is 70.9 Å². The summed E-state index contributed by atoms with van der Waals surface area (Å²) in [4.78, 5) is 32.3. The molecule has 0 radical (unpaired) electrons. The molecule has 0 aliphatic carbocycles. The molecule has 0 bridgehead atoms. The first-order chi connectivity index (χ1) is 20.1. The van der Waals surface area contributed by atoms with Crippen LogP contribution in [0, 0.1) is 6.57 Å². The van der Waals surface area contributed by atoms with Gasteiger partial charge in [-0.1, -0.05) is 42.4 Å². The van der Waals surface area contributed by atoms with Crippen molar-refractivity contribution < 1.29 is 9.53 Å². The Bertz CT molecular complexity index is 1490. The van der Waals surface area contributed by atoms with Crippen LogP contribution in [0.2, 0.25) is 5.02 Å². The van der Waals surface area contributed by atoms with Crippen LogP contribution in [0.5, 0.6) is 6.01 Å². The third-order valence-electron chi connectivity index (χ3n) is 8.31. The summed E-state index contributed by atoms with van der Waals surface area (Å²) in [6, 6.07) is 12.7. The molecule has 212 valence electrons. The maximum atomic E-state index is 12.5. The number of anilines is 2. The maximum absolute atomic E-state index is 12.5. The second-order valence-electron chi connectivity index (χ2n) is 10.8. The van der Waals surface area contributed by atoms with Gasteiger partial charge in [-0.15, -0.1) is 0 Å². The van der Waals surface area contributed by atoms with Gasteiger partial charge in [-0.05, 0) is 49.4 Å². The number of fused-ring (bicyclic) bond motifs is 2. The van der Waals surface area contributed by atoms with E-state index < -0.39 is 0 Å². The van der Waals surface area contributed by atoms with Crippen LogP contribution in [0.3, 0.4) is 0 Å². The summed E-state index contributed by atoms with van der Waals surface area (Å²) in [7, 11) is 0. The molecule has 1 N–H and O–H groups in total. The van der Waals surface area contributed by atoms with Crippen LogP contribution in [-0.4, -0.2) is 78.7 Å². The average Bonchev–Trinajstić information content (AvgIpc) is 3.53. The van der Waals surface area contributed by atoms with Crippen molar-refractivity contribution in [1.29, 1.82) is 0 Å². The third kappa shape index (κ3) is 5.54. The molecular weight excluding hydrogens is 538 g/mol. The van der Waals surface area contributed by atoms with Gasteiger partial charge in [-0.25, -0.2) is 6.57 Å². The fraction of sp³-hybridized carbons (Fsp3) is 0.419. The molecule has 41 heavy (non-hydrogen) atoms. The number of amides is 1. The van der Waals surface area contributed by atoms with E-state index in [1.165, 1.54) is 6.08 Å². The smallest absolute Gasteiger partial charge is 0.318 e. The summed E-state index contributed by atoms with van der Waals surface area (Å²) in [5.41, 5.74) is 3.13. The number of aromatic nitrogens is 2. The van der Waals surface area contributed by atoms with Crippen molar-refractivity contribution in [3.63, 3.8) is 0 Å². The monoisotopic (exact) mass is 571 g/mol. The van der Waals surface area contributed by atoms with Crippen molar-refractivity contribution in [2.45, 2.75) is 37.9 Å². The van der Waals surface area contributed by atoms with Gasteiger partial charge < -0.3 is 29.6 Å². The van der Waals surface area contributed by atoms with Gasteiger partial charge in [0.15, 0.2) is 0 Å². The van der Waals surface area contributed by atoms with Gasteiger partial charge in [0.05, 0.1) is 17.3 Å². The lowest BCUT2D eigenvalue weighted by atomic mass is 10.0. The van der Waals surface area contributed by atoms with Crippen LogP contribution in [0.15, 0.2) is 49.1 Å². The molecule has 2 saturated heterocycles. The SMILES string of the molecule is [C-]#[N+]C[C@H]1CN(c2nc(OC[C@@H]3CCCN3)nc3c2CCN(c2cccc4cccc(Cl)c24)C3)CCN1C(=O)C=C. The molecule has 2 aromatic carbocycles. The van der Waals surface area contributed by atoms with Crippen molar-refractivity contribution >= 4 is 39.8 Å². The van der Waals surface area contributed by atoms with E-state index in [-0.39, 0.29) is 18.5 Å². The van der Waals surface area contributed by atoms with Crippen LogP contribution in [0.1, 0.15) is 24.1 Å². The highest BCUT2D eigenvalue weighted by molar-refractivity contribution is 6.36. The molecule has 2 fully saturated rings. The molecule has 1 aromatic heterocycles. The first-order valence-electron chi connectivity index (χ1n) is 14.2. The number of carbonyl (C=O) groups is 1. The van der Waals surface area contributed by atoms with Crippen molar-refractivity contribution in [1.82, 2.24) is 20.2 Å². The van der Waals surface area contributed by atoms with Gasteiger partial charge in [-0.2, -0.15) is 9.97 Å². The summed E-state index contributed by atoms with van der Waals surface area (Å²) in [6.45, 7) is 15.9. The molecule has 9 nitrogen and oxygen atoms in total. The van der Waals surface area contributed by atoms with E-state index in [4.69, 9.17) is 32.9 Å². The van der Waals surface area contributed by atoms with Crippen molar-refractivity contribution in [2.24, 2.45) is 0 Å². The predicted molar refractivity (Wildman–Crippen MR) is 162 cm³/mol. The lowest BCUT2D eigenvalue weighted by Crippen LogP contribution is -2.56. The molecule has 2 atom stereocenters. The van der Waals surface area contributed by atoms with E-state index in [0.29, 0.717) is 44.8 Å². The predicted octanol–water partition coefficient (Wildman–Crippen LogP) is 4.10. The molecular formula is C31H34ClN7O2. The highest BCUT2D eigenvalue weighted by atomic mass is 35.5. The fourth-order valence-electron chi connectivity index (χ4n) is 6.25. The Balaban J connectivity index is 1.34. The molecule has 10 heteroatoms. The summed E-state index contributed by atoms with van der Waals surface area (Å²) in [6.07, 6.45) is 4.31. The van der Waals surface area contributed by atoms with Gasteiger partial charge in [-0.3, -0.25) is 4.79 Å². The summed E-state index contributed by atoms with van der Waals surface area (Å²) in [5.74, 6) is 0.709. The lowest BCUT2D eigenvalue weighted by molar-refractivity contribution is -0.128. The number of piperazine rings is 1.